The van der Waals surface area contributed by atoms with Gasteiger partial charge in [0.05, 0.1) is 29.1 Å². The molecule has 4 rings (SSSR count). The number of para-hydroxylation sites is 1. The average Bonchev–Trinajstić information content (AvgIpc) is 3.18. The highest BCUT2D eigenvalue weighted by atomic mass is 32.1. The molecule has 0 aliphatic rings. The summed E-state index contributed by atoms with van der Waals surface area (Å²) < 4.78 is 24.8. The van der Waals surface area contributed by atoms with Gasteiger partial charge in [0, 0.05) is 0 Å². The molecule has 0 bridgehead atoms. The largest absolute Gasteiger partial charge is 0.493 e. The molecular formula is C22H16FN3O3S. The van der Waals surface area contributed by atoms with Crippen LogP contribution >= 0.6 is 11.3 Å². The van der Waals surface area contributed by atoms with E-state index in [2.05, 4.69) is 15.5 Å². The molecule has 0 fully saturated rings. The monoisotopic (exact) mass is 421 g/mol. The van der Waals surface area contributed by atoms with Gasteiger partial charge in [0.15, 0.2) is 11.5 Å². The van der Waals surface area contributed by atoms with Crippen molar-refractivity contribution >= 4 is 38.9 Å². The van der Waals surface area contributed by atoms with Crippen molar-refractivity contribution in [3.8, 4) is 11.5 Å². The van der Waals surface area contributed by atoms with Gasteiger partial charge in [0.25, 0.3) is 0 Å². The Morgan fingerprint density at radius 3 is 2.67 bits per heavy atom. The molecule has 0 amide bonds. The first-order chi connectivity index (χ1) is 14.6. The molecule has 1 heterocycles. The first kappa shape index (κ1) is 19.5. The van der Waals surface area contributed by atoms with Gasteiger partial charge in [-0.1, -0.05) is 23.5 Å². The molecule has 3 aromatic carbocycles. The minimum absolute atomic E-state index is 0.240. The Kier molecular flexibility index (Phi) is 5.67. The van der Waals surface area contributed by atoms with Gasteiger partial charge in [-0.3, -0.25) is 5.43 Å². The van der Waals surface area contributed by atoms with Crippen molar-refractivity contribution in [2.75, 3.05) is 12.5 Å². The number of hydrogen-bond acceptors (Lipinski definition) is 7. The maximum absolute atomic E-state index is 13.0. The zero-order chi connectivity index (χ0) is 20.9. The lowest BCUT2D eigenvalue weighted by atomic mass is 10.2. The van der Waals surface area contributed by atoms with Crippen LogP contribution in [0.15, 0.2) is 71.8 Å². The predicted octanol–water partition coefficient (Wildman–Crippen LogP) is 5.11. The highest BCUT2D eigenvalue weighted by Crippen LogP contribution is 2.29. The summed E-state index contributed by atoms with van der Waals surface area (Å²) in [6.45, 7) is 0. The van der Waals surface area contributed by atoms with Crippen molar-refractivity contribution in [3.63, 3.8) is 0 Å². The topological polar surface area (TPSA) is 72.8 Å². The smallest absolute Gasteiger partial charge is 0.343 e. The highest BCUT2D eigenvalue weighted by Gasteiger charge is 2.13. The molecule has 30 heavy (non-hydrogen) atoms. The fraction of sp³-hybridized carbons (Fsp3) is 0.0455. The van der Waals surface area contributed by atoms with Crippen molar-refractivity contribution in [1.29, 1.82) is 0 Å². The molecule has 1 aromatic heterocycles. The first-order valence-corrected chi connectivity index (χ1v) is 9.74. The molecule has 4 aromatic rings. The number of thiazole rings is 1. The molecule has 0 spiro atoms. The van der Waals surface area contributed by atoms with Gasteiger partial charge in [-0.2, -0.15) is 5.10 Å². The van der Waals surface area contributed by atoms with Gasteiger partial charge < -0.3 is 9.47 Å². The van der Waals surface area contributed by atoms with Crippen molar-refractivity contribution in [1.82, 2.24) is 4.98 Å². The van der Waals surface area contributed by atoms with Crippen molar-refractivity contribution in [3.05, 3.63) is 83.7 Å². The van der Waals surface area contributed by atoms with Crippen LogP contribution in [0.2, 0.25) is 0 Å². The summed E-state index contributed by atoms with van der Waals surface area (Å²) in [5, 5.41) is 4.89. The fourth-order valence-electron chi connectivity index (χ4n) is 2.68. The summed E-state index contributed by atoms with van der Waals surface area (Å²) in [6.07, 6.45) is 1.61. The second-order valence-corrected chi connectivity index (χ2v) is 7.19. The van der Waals surface area contributed by atoms with Crippen molar-refractivity contribution in [2.45, 2.75) is 0 Å². The predicted molar refractivity (Wildman–Crippen MR) is 115 cm³/mol. The minimum Gasteiger partial charge on any atom is -0.493 e. The second kappa shape index (κ2) is 8.71. The number of carbonyl (C=O) groups is 1. The molecule has 0 aliphatic carbocycles. The van der Waals surface area contributed by atoms with E-state index in [1.807, 2.05) is 24.3 Å². The molecule has 0 unspecified atom stereocenters. The first-order valence-electron chi connectivity index (χ1n) is 8.93. The van der Waals surface area contributed by atoms with E-state index >= 15 is 0 Å². The van der Waals surface area contributed by atoms with Crippen LogP contribution in [0.5, 0.6) is 11.5 Å². The Bertz CT molecular complexity index is 1190. The van der Waals surface area contributed by atoms with E-state index in [1.54, 1.807) is 24.4 Å². The average molecular weight is 421 g/mol. The van der Waals surface area contributed by atoms with Crippen LogP contribution in [0.25, 0.3) is 10.2 Å². The van der Waals surface area contributed by atoms with Crippen LogP contribution in [0, 0.1) is 5.82 Å². The number of nitrogens with zero attached hydrogens (tertiary/aromatic N) is 2. The van der Waals surface area contributed by atoms with E-state index in [4.69, 9.17) is 9.47 Å². The summed E-state index contributed by atoms with van der Waals surface area (Å²) >= 11 is 1.51. The molecule has 1 N–H and O–H groups in total. The lowest BCUT2D eigenvalue weighted by Crippen LogP contribution is -2.09. The zero-order valence-electron chi connectivity index (χ0n) is 15.8. The van der Waals surface area contributed by atoms with E-state index in [0.717, 1.165) is 15.8 Å². The van der Waals surface area contributed by atoms with Gasteiger partial charge >= 0.3 is 5.97 Å². The van der Waals surface area contributed by atoms with E-state index in [0.29, 0.717) is 10.9 Å². The molecule has 8 heteroatoms. The number of hydrazone groups is 1. The van der Waals surface area contributed by atoms with Gasteiger partial charge in [0.2, 0.25) is 5.13 Å². The summed E-state index contributed by atoms with van der Waals surface area (Å²) in [5.74, 6) is -0.406. The van der Waals surface area contributed by atoms with Crippen LogP contribution in [-0.4, -0.2) is 24.3 Å². The number of esters is 1. The maximum atomic E-state index is 13.0. The lowest BCUT2D eigenvalue weighted by Gasteiger charge is -2.10. The Morgan fingerprint density at radius 2 is 1.90 bits per heavy atom. The molecule has 0 atom stereocenters. The van der Waals surface area contributed by atoms with Gasteiger partial charge in [-0.15, -0.1) is 0 Å². The molecular weight excluding hydrogens is 405 g/mol. The summed E-state index contributed by atoms with van der Waals surface area (Å²) in [5.41, 5.74) is 4.80. The van der Waals surface area contributed by atoms with Crippen LogP contribution in [0.1, 0.15) is 15.9 Å². The van der Waals surface area contributed by atoms with Gasteiger partial charge in [-0.05, 0) is 60.2 Å². The van der Waals surface area contributed by atoms with Crippen molar-refractivity contribution < 1.29 is 18.7 Å². The molecule has 0 saturated heterocycles. The fourth-order valence-corrected chi connectivity index (χ4v) is 3.49. The second-order valence-electron chi connectivity index (χ2n) is 6.16. The number of ether oxygens (including phenoxy) is 2. The van der Waals surface area contributed by atoms with Crippen molar-refractivity contribution in [2.24, 2.45) is 5.10 Å². The standard InChI is InChI=1S/C22H16FN3O3S/c1-28-19-12-14(13-24-26-22-25-17-4-2-3-5-20(17)30-22)6-11-18(19)29-21(27)15-7-9-16(23)10-8-15/h2-13H,1H3,(H,25,26)/b24-13-. The summed E-state index contributed by atoms with van der Waals surface area (Å²) in [7, 11) is 1.48. The van der Waals surface area contributed by atoms with E-state index in [9.17, 15) is 9.18 Å². The number of methoxy groups -OCH3 is 1. The number of carbonyl (C=O) groups excluding carboxylic acids is 1. The maximum Gasteiger partial charge on any atom is 0.343 e. The third-order valence-electron chi connectivity index (χ3n) is 4.14. The van der Waals surface area contributed by atoms with Crippen LogP contribution in [0.3, 0.4) is 0 Å². The number of benzene rings is 3. The van der Waals surface area contributed by atoms with Gasteiger partial charge in [0.1, 0.15) is 5.82 Å². The Morgan fingerprint density at radius 1 is 1.10 bits per heavy atom. The molecule has 150 valence electrons. The number of halogens is 1. The number of nitrogens with one attached hydrogen (secondary N) is 1. The minimum atomic E-state index is -0.604. The number of anilines is 1. The number of hydrogen-bond donors (Lipinski definition) is 1. The Balaban J connectivity index is 1.45. The van der Waals surface area contributed by atoms with E-state index < -0.39 is 11.8 Å². The SMILES string of the molecule is COc1cc(/C=N\Nc2nc3ccccc3s2)ccc1OC(=O)c1ccc(F)cc1. The Hall–Kier alpha value is -3.78. The molecule has 0 saturated carbocycles. The summed E-state index contributed by atoms with van der Waals surface area (Å²) in [6, 6.07) is 18.0. The molecule has 0 aliphatic heterocycles. The third-order valence-corrected chi connectivity index (χ3v) is 5.08. The normalized spacial score (nSPS) is 11.0. The number of rotatable bonds is 6. The summed E-state index contributed by atoms with van der Waals surface area (Å²) in [4.78, 5) is 16.7. The third kappa shape index (κ3) is 4.44. The zero-order valence-corrected chi connectivity index (χ0v) is 16.7. The number of fused-ring (bicyclic) bond motifs is 1. The Labute approximate surface area is 175 Å². The van der Waals surface area contributed by atoms with Crippen LogP contribution in [-0.2, 0) is 0 Å². The van der Waals surface area contributed by atoms with Gasteiger partial charge in [-0.25, -0.2) is 14.2 Å². The molecule has 0 radical (unpaired) electrons. The highest BCUT2D eigenvalue weighted by molar-refractivity contribution is 7.22. The van der Waals surface area contributed by atoms with Crippen LogP contribution < -0.4 is 14.9 Å². The molecule has 6 nitrogen and oxygen atoms in total. The number of aromatic nitrogens is 1. The lowest BCUT2D eigenvalue weighted by molar-refractivity contribution is 0.0729. The van der Waals surface area contributed by atoms with E-state index in [-0.39, 0.29) is 11.3 Å². The van der Waals surface area contributed by atoms with E-state index in [1.165, 1.54) is 42.7 Å². The van der Waals surface area contributed by atoms with Crippen LogP contribution in [0.4, 0.5) is 9.52 Å². The quantitative estimate of drug-likeness (QED) is 0.203.